The molecule has 0 N–H and O–H groups in total. The maximum atomic E-state index is 14.4. The Morgan fingerprint density at radius 3 is 2.52 bits per heavy atom. The first-order chi connectivity index (χ1) is 14.5. The molecule has 0 saturated heterocycles. The minimum Gasteiger partial charge on any atom is -0.748 e. The Morgan fingerprint density at radius 1 is 1.29 bits per heavy atom. The van der Waals surface area contributed by atoms with Gasteiger partial charge in [-0.3, -0.25) is 14.5 Å². The summed E-state index contributed by atoms with van der Waals surface area (Å²) in [5.74, 6) is -0.495. The molecule has 2 heterocycles. The second-order valence-corrected chi connectivity index (χ2v) is 10.1. The van der Waals surface area contributed by atoms with E-state index in [1.807, 2.05) is 6.07 Å². The first-order valence-corrected chi connectivity index (χ1v) is 12.4. The van der Waals surface area contributed by atoms with Gasteiger partial charge in [0, 0.05) is 42.6 Å². The van der Waals surface area contributed by atoms with Gasteiger partial charge < -0.3 is 9.29 Å². The first kappa shape index (κ1) is 23.5. The van der Waals surface area contributed by atoms with Crippen LogP contribution in [0.4, 0.5) is 4.39 Å². The van der Waals surface area contributed by atoms with Crippen LogP contribution in [0.5, 0.6) is 5.06 Å². The van der Waals surface area contributed by atoms with Gasteiger partial charge in [0.25, 0.3) is 0 Å². The van der Waals surface area contributed by atoms with E-state index in [-0.39, 0.29) is 23.5 Å². The summed E-state index contributed by atoms with van der Waals surface area (Å²) in [6, 6.07) is 7.89. The predicted molar refractivity (Wildman–Crippen MR) is 112 cm³/mol. The van der Waals surface area contributed by atoms with Crippen LogP contribution in [0.3, 0.4) is 0 Å². The third kappa shape index (κ3) is 6.67. The van der Waals surface area contributed by atoms with Crippen molar-refractivity contribution in [1.82, 2.24) is 4.90 Å². The molecule has 1 aromatic heterocycles. The van der Waals surface area contributed by atoms with E-state index in [4.69, 9.17) is 17.7 Å². The second-order valence-electron chi connectivity index (χ2n) is 7.63. The van der Waals surface area contributed by atoms with Gasteiger partial charge in [0.2, 0.25) is 0 Å². The van der Waals surface area contributed by atoms with Crippen LogP contribution in [-0.4, -0.2) is 42.4 Å². The molecule has 1 aliphatic carbocycles. The summed E-state index contributed by atoms with van der Waals surface area (Å²) in [5.41, 5.74) is 1.52. The Labute approximate surface area is 184 Å². The summed E-state index contributed by atoms with van der Waals surface area (Å²) in [6.07, 6.45) is 3.17. The Balaban J connectivity index is 0.000000491. The number of Topliss-reactive ketones (excluding diaryl/α,β-unsaturated/α-hetero) is 1. The van der Waals surface area contributed by atoms with Crippen molar-refractivity contribution in [1.29, 1.82) is 0 Å². The molecule has 1 aliphatic heterocycles. The van der Waals surface area contributed by atoms with Gasteiger partial charge in [-0.1, -0.05) is 18.2 Å². The molecule has 31 heavy (non-hydrogen) atoms. The zero-order chi connectivity index (χ0) is 22.8. The summed E-state index contributed by atoms with van der Waals surface area (Å²) in [6.45, 7) is 2.63. The highest BCUT2D eigenvalue weighted by atomic mass is 32.2. The van der Waals surface area contributed by atoms with Crippen molar-refractivity contribution >= 4 is 33.2 Å². The standard InChI is InChI=1S/C20H20FNO3S.CH4O3S/c1-12(23)25-18-10-14-11-22(9-8-17(14)26-18)19(20(24)13-6-7-13)15-4-2-3-5-16(15)21;1-5(2,3)4/h2-5,10,13,19H,6-9,11H2,1H3;1H3,(H,2,3,4)/p-1. The van der Waals surface area contributed by atoms with E-state index in [1.165, 1.54) is 29.2 Å². The summed E-state index contributed by atoms with van der Waals surface area (Å²) in [7, 11) is -3.92. The molecule has 10 heteroatoms. The molecule has 168 valence electrons. The van der Waals surface area contributed by atoms with Crippen molar-refractivity contribution in [2.24, 2.45) is 5.92 Å². The SMILES string of the molecule is CC(=O)Oc1cc2c(s1)CCN(C(C(=O)C1CC1)c1ccccc1F)C2.CS(=O)(=O)[O-]. The number of ketones is 1. The predicted octanol–water partition coefficient (Wildman–Crippen LogP) is 3.05. The fourth-order valence-electron chi connectivity index (χ4n) is 3.56. The van der Waals surface area contributed by atoms with Gasteiger partial charge in [-0.15, -0.1) is 11.3 Å². The van der Waals surface area contributed by atoms with Gasteiger partial charge in [-0.05, 0) is 37.0 Å². The molecule has 2 aliphatic rings. The maximum absolute atomic E-state index is 14.4. The van der Waals surface area contributed by atoms with Crippen molar-refractivity contribution in [2.75, 3.05) is 12.8 Å². The lowest BCUT2D eigenvalue weighted by atomic mass is 9.95. The fraction of sp³-hybridized carbons (Fsp3) is 0.429. The van der Waals surface area contributed by atoms with Crippen LogP contribution in [0.1, 0.15) is 41.8 Å². The Kier molecular flexibility index (Phi) is 7.25. The van der Waals surface area contributed by atoms with E-state index < -0.39 is 16.2 Å². The monoisotopic (exact) mass is 468 g/mol. The summed E-state index contributed by atoms with van der Waals surface area (Å²) < 4.78 is 46.9. The lowest BCUT2D eigenvalue weighted by Gasteiger charge is -2.34. The lowest BCUT2D eigenvalue weighted by Crippen LogP contribution is -2.38. The van der Waals surface area contributed by atoms with Crippen molar-refractivity contribution in [3.8, 4) is 5.06 Å². The first-order valence-electron chi connectivity index (χ1n) is 9.76. The molecule has 1 atom stereocenters. The van der Waals surface area contributed by atoms with E-state index in [2.05, 4.69) is 4.90 Å². The van der Waals surface area contributed by atoms with Crippen molar-refractivity contribution in [2.45, 2.75) is 38.8 Å². The largest absolute Gasteiger partial charge is 0.748 e. The number of benzene rings is 1. The van der Waals surface area contributed by atoms with Crippen molar-refractivity contribution < 1.29 is 31.7 Å². The molecule has 1 fully saturated rings. The van der Waals surface area contributed by atoms with Gasteiger partial charge in [-0.25, -0.2) is 12.8 Å². The molecule has 1 saturated carbocycles. The minimum atomic E-state index is -3.92. The third-order valence-corrected chi connectivity index (χ3v) is 6.05. The molecular formula is C21H23FNO6S2-. The average Bonchev–Trinajstić information content (AvgIpc) is 3.42. The summed E-state index contributed by atoms with van der Waals surface area (Å²) >= 11 is 1.47. The summed E-state index contributed by atoms with van der Waals surface area (Å²) in [5, 5.41) is 0.584. The Morgan fingerprint density at radius 2 is 1.94 bits per heavy atom. The summed E-state index contributed by atoms with van der Waals surface area (Å²) in [4.78, 5) is 27.4. The van der Waals surface area contributed by atoms with Gasteiger partial charge >= 0.3 is 5.97 Å². The van der Waals surface area contributed by atoms with Crippen LogP contribution in [0.15, 0.2) is 30.3 Å². The quantitative estimate of drug-likeness (QED) is 0.491. The molecule has 0 spiro atoms. The van der Waals surface area contributed by atoms with E-state index in [9.17, 15) is 14.0 Å². The van der Waals surface area contributed by atoms with Crippen LogP contribution in [0.2, 0.25) is 0 Å². The van der Waals surface area contributed by atoms with E-state index in [0.29, 0.717) is 30.0 Å². The van der Waals surface area contributed by atoms with Gasteiger partial charge in [0.1, 0.15) is 5.82 Å². The van der Waals surface area contributed by atoms with E-state index >= 15 is 0 Å². The van der Waals surface area contributed by atoms with Crippen LogP contribution in [0, 0.1) is 11.7 Å². The van der Waals surface area contributed by atoms with Crippen LogP contribution in [0.25, 0.3) is 0 Å². The molecular weight excluding hydrogens is 445 g/mol. The Bertz CT molecular complexity index is 1070. The van der Waals surface area contributed by atoms with Gasteiger partial charge in [0.05, 0.1) is 16.2 Å². The fourth-order valence-corrected chi connectivity index (χ4v) is 4.61. The number of halogens is 1. The molecule has 4 rings (SSSR count). The molecule has 0 amide bonds. The van der Waals surface area contributed by atoms with E-state index in [1.54, 1.807) is 18.2 Å². The molecule has 7 nitrogen and oxygen atoms in total. The average molecular weight is 469 g/mol. The van der Waals surface area contributed by atoms with E-state index in [0.717, 1.165) is 24.8 Å². The number of nitrogens with zero attached hydrogens (tertiary/aromatic N) is 1. The molecule has 2 aromatic rings. The number of carbonyl (C=O) groups is 2. The highest BCUT2D eigenvalue weighted by molar-refractivity contribution is 7.84. The van der Waals surface area contributed by atoms with Gasteiger partial charge in [-0.2, -0.15) is 0 Å². The highest BCUT2D eigenvalue weighted by Gasteiger charge is 2.40. The van der Waals surface area contributed by atoms with Crippen molar-refractivity contribution in [3.63, 3.8) is 0 Å². The van der Waals surface area contributed by atoms with Gasteiger partial charge in [0.15, 0.2) is 10.8 Å². The number of fused-ring (bicyclic) bond motifs is 1. The highest BCUT2D eigenvalue weighted by Crippen LogP contribution is 2.41. The van der Waals surface area contributed by atoms with Crippen LogP contribution >= 0.6 is 11.3 Å². The second kappa shape index (κ2) is 9.56. The molecule has 0 radical (unpaired) electrons. The number of ether oxygens (including phenoxy) is 1. The normalized spacial score (nSPS) is 17.2. The lowest BCUT2D eigenvalue weighted by molar-refractivity contribution is -0.131. The third-order valence-electron chi connectivity index (χ3n) is 4.93. The van der Waals surface area contributed by atoms with Crippen LogP contribution in [-0.2, 0) is 32.7 Å². The number of carbonyl (C=O) groups excluding carboxylic acids is 2. The number of esters is 1. The number of rotatable bonds is 5. The maximum Gasteiger partial charge on any atom is 0.308 e. The zero-order valence-electron chi connectivity index (χ0n) is 17.2. The zero-order valence-corrected chi connectivity index (χ0v) is 18.8. The minimum absolute atomic E-state index is 0.0556. The van der Waals surface area contributed by atoms with Crippen LogP contribution < -0.4 is 4.74 Å². The molecule has 1 unspecified atom stereocenters. The number of thiophene rings is 1. The Hall–Kier alpha value is -2.14. The molecule has 1 aromatic carbocycles. The number of hydrogen-bond donors (Lipinski definition) is 0. The van der Waals surface area contributed by atoms with Crippen molar-refractivity contribution in [3.05, 3.63) is 52.2 Å². The smallest absolute Gasteiger partial charge is 0.308 e. The topological polar surface area (TPSA) is 104 Å². The number of hydrogen-bond acceptors (Lipinski definition) is 8. The molecule has 0 bridgehead atoms.